The second-order valence-electron chi connectivity index (χ2n) is 7.22. The van der Waals surface area contributed by atoms with Gasteiger partial charge >= 0.3 is 6.18 Å². The van der Waals surface area contributed by atoms with Gasteiger partial charge in [-0.25, -0.2) is 8.42 Å². The summed E-state index contributed by atoms with van der Waals surface area (Å²) < 4.78 is 71.7. The fraction of sp³-hybridized carbons (Fsp3) is 0.174. The molecule has 0 heterocycles. The van der Waals surface area contributed by atoms with Crippen LogP contribution in [-0.2, 0) is 27.4 Å². The van der Waals surface area contributed by atoms with Crippen molar-refractivity contribution in [3.63, 3.8) is 0 Å². The quantitative estimate of drug-likeness (QED) is 0.450. The normalized spacial score (nSPS) is 12.7. The summed E-state index contributed by atoms with van der Waals surface area (Å²) >= 11 is 6.04. The lowest BCUT2D eigenvalue weighted by atomic mass is 10.1. The lowest BCUT2D eigenvalue weighted by Gasteiger charge is -2.19. The number of rotatable bonds is 8. The SMILES string of the molecule is COc1ccc(S(=O)(=O)N[C@@H](Cc2ccccc2)C(=O)Nc2ccc(C(F)(F)F)cc2)cc1Cl. The molecule has 3 rings (SSSR count). The Morgan fingerprint density at radius 1 is 1.03 bits per heavy atom. The maximum absolute atomic E-state index is 13.0. The van der Waals surface area contributed by atoms with E-state index in [4.69, 9.17) is 16.3 Å². The molecular weight excluding hydrogens is 493 g/mol. The van der Waals surface area contributed by atoms with Crippen molar-refractivity contribution in [3.05, 3.63) is 88.9 Å². The Balaban J connectivity index is 1.86. The summed E-state index contributed by atoms with van der Waals surface area (Å²) in [6.45, 7) is 0. The van der Waals surface area contributed by atoms with E-state index in [0.717, 1.165) is 24.3 Å². The Bertz CT molecular complexity index is 1250. The van der Waals surface area contributed by atoms with Crippen molar-refractivity contribution in [2.24, 2.45) is 0 Å². The third-order valence-corrected chi connectivity index (χ3v) is 6.57. The van der Waals surface area contributed by atoms with E-state index < -0.39 is 33.7 Å². The van der Waals surface area contributed by atoms with Crippen molar-refractivity contribution in [2.75, 3.05) is 12.4 Å². The van der Waals surface area contributed by atoms with Gasteiger partial charge in [0.2, 0.25) is 15.9 Å². The second-order valence-corrected chi connectivity index (χ2v) is 9.35. The van der Waals surface area contributed by atoms with Crippen LogP contribution in [0.15, 0.2) is 77.7 Å². The smallest absolute Gasteiger partial charge is 0.416 e. The number of hydrogen-bond acceptors (Lipinski definition) is 4. The Morgan fingerprint density at radius 2 is 1.68 bits per heavy atom. The molecule has 11 heteroatoms. The minimum absolute atomic E-state index is 0.00355. The van der Waals surface area contributed by atoms with Crippen LogP contribution in [0.5, 0.6) is 5.75 Å². The van der Waals surface area contributed by atoms with Crippen molar-refractivity contribution >= 4 is 33.2 Å². The van der Waals surface area contributed by atoms with Crippen LogP contribution < -0.4 is 14.8 Å². The summed E-state index contributed by atoms with van der Waals surface area (Å²) in [6, 6.07) is 15.1. The van der Waals surface area contributed by atoms with Gasteiger partial charge in [-0.05, 0) is 54.4 Å². The lowest BCUT2D eigenvalue weighted by Crippen LogP contribution is -2.45. The Hall–Kier alpha value is -3.08. The third kappa shape index (κ3) is 6.49. The standard InChI is InChI=1S/C23H20ClF3N2O4S/c1-33-21-12-11-18(14-19(21)24)34(31,32)29-20(13-15-5-3-2-4-6-15)22(30)28-17-9-7-16(8-10-17)23(25,26)27/h2-12,14,20,29H,13H2,1H3,(H,28,30)/t20-/m0/s1. The second kappa shape index (κ2) is 10.5. The molecule has 1 atom stereocenters. The number of carbonyl (C=O) groups is 1. The van der Waals surface area contributed by atoms with Gasteiger partial charge in [0.05, 0.1) is 22.6 Å². The summed E-state index contributed by atoms with van der Waals surface area (Å²) in [5, 5.41) is 2.53. The number of anilines is 1. The number of methoxy groups -OCH3 is 1. The maximum Gasteiger partial charge on any atom is 0.416 e. The Labute approximate surface area is 199 Å². The molecule has 0 aliphatic rings. The largest absolute Gasteiger partial charge is 0.495 e. The van der Waals surface area contributed by atoms with E-state index in [1.165, 1.54) is 25.3 Å². The van der Waals surface area contributed by atoms with Gasteiger partial charge in [-0.1, -0.05) is 41.9 Å². The van der Waals surface area contributed by atoms with E-state index in [2.05, 4.69) is 10.0 Å². The summed E-state index contributed by atoms with van der Waals surface area (Å²) in [4.78, 5) is 12.8. The fourth-order valence-corrected chi connectivity index (χ4v) is 4.62. The van der Waals surface area contributed by atoms with Crippen LogP contribution in [0.3, 0.4) is 0 Å². The zero-order valence-electron chi connectivity index (χ0n) is 17.8. The topological polar surface area (TPSA) is 84.5 Å². The number of sulfonamides is 1. The summed E-state index contributed by atoms with van der Waals surface area (Å²) in [6.07, 6.45) is -4.52. The summed E-state index contributed by atoms with van der Waals surface area (Å²) in [5.41, 5.74) is -0.114. The van der Waals surface area contributed by atoms with E-state index in [-0.39, 0.29) is 27.8 Å². The molecule has 180 valence electrons. The first-order valence-corrected chi connectivity index (χ1v) is 11.7. The van der Waals surface area contributed by atoms with Crippen LogP contribution in [0.25, 0.3) is 0 Å². The third-order valence-electron chi connectivity index (χ3n) is 4.81. The average molecular weight is 513 g/mol. The maximum atomic E-state index is 13.0. The molecule has 0 radical (unpaired) electrons. The minimum Gasteiger partial charge on any atom is -0.495 e. The number of benzene rings is 3. The number of nitrogens with one attached hydrogen (secondary N) is 2. The molecule has 0 saturated heterocycles. The first kappa shape index (κ1) is 25.5. The van der Waals surface area contributed by atoms with Crippen LogP contribution in [0.1, 0.15) is 11.1 Å². The van der Waals surface area contributed by atoms with Crippen molar-refractivity contribution in [2.45, 2.75) is 23.5 Å². The average Bonchev–Trinajstić information content (AvgIpc) is 2.79. The Morgan fingerprint density at radius 3 is 2.24 bits per heavy atom. The van der Waals surface area contributed by atoms with Gasteiger partial charge in [0.15, 0.2) is 0 Å². The minimum atomic E-state index is -4.52. The molecule has 1 amide bonds. The lowest BCUT2D eigenvalue weighted by molar-refractivity contribution is -0.137. The first-order valence-electron chi connectivity index (χ1n) is 9.87. The van der Waals surface area contributed by atoms with Gasteiger partial charge in [0.1, 0.15) is 11.8 Å². The van der Waals surface area contributed by atoms with Gasteiger partial charge in [0.25, 0.3) is 0 Å². The molecule has 0 bridgehead atoms. The van der Waals surface area contributed by atoms with Crippen molar-refractivity contribution in [3.8, 4) is 5.75 Å². The van der Waals surface area contributed by atoms with Crippen molar-refractivity contribution in [1.29, 1.82) is 0 Å². The van der Waals surface area contributed by atoms with E-state index in [0.29, 0.717) is 5.56 Å². The van der Waals surface area contributed by atoms with E-state index in [1.807, 2.05) is 0 Å². The highest BCUT2D eigenvalue weighted by atomic mass is 35.5. The fourth-order valence-electron chi connectivity index (χ4n) is 3.08. The van der Waals surface area contributed by atoms with Crippen LogP contribution in [0, 0.1) is 0 Å². The van der Waals surface area contributed by atoms with Gasteiger partial charge in [-0.15, -0.1) is 0 Å². The number of halogens is 4. The summed E-state index contributed by atoms with van der Waals surface area (Å²) in [7, 11) is -2.81. The molecule has 0 fully saturated rings. The highest BCUT2D eigenvalue weighted by molar-refractivity contribution is 7.89. The van der Waals surface area contributed by atoms with Gasteiger partial charge in [-0.3, -0.25) is 4.79 Å². The van der Waals surface area contributed by atoms with Crippen molar-refractivity contribution in [1.82, 2.24) is 4.72 Å². The van der Waals surface area contributed by atoms with E-state index in [9.17, 15) is 26.4 Å². The van der Waals surface area contributed by atoms with E-state index >= 15 is 0 Å². The number of hydrogen-bond donors (Lipinski definition) is 2. The zero-order chi connectivity index (χ0) is 24.9. The van der Waals surface area contributed by atoms with Gasteiger partial charge in [-0.2, -0.15) is 17.9 Å². The highest BCUT2D eigenvalue weighted by Gasteiger charge is 2.30. The molecular formula is C23H20ClF3N2O4S. The number of alkyl halides is 3. The molecule has 0 aliphatic heterocycles. The van der Waals surface area contributed by atoms with Gasteiger partial charge < -0.3 is 10.1 Å². The molecule has 2 N–H and O–H groups in total. The summed E-state index contributed by atoms with van der Waals surface area (Å²) in [5.74, 6) is -0.465. The van der Waals surface area contributed by atoms with Gasteiger partial charge in [0, 0.05) is 5.69 Å². The van der Waals surface area contributed by atoms with E-state index in [1.54, 1.807) is 30.3 Å². The van der Waals surface area contributed by atoms with Crippen LogP contribution in [0.4, 0.5) is 18.9 Å². The van der Waals surface area contributed by atoms with Crippen molar-refractivity contribution < 1.29 is 31.1 Å². The molecule has 34 heavy (non-hydrogen) atoms. The number of carbonyl (C=O) groups excluding carboxylic acids is 1. The molecule has 6 nitrogen and oxygen atoms in total. The van der Waals surface area contributed by atoms with Crippen LogP contribution in [-0.4, -0.2) is 27.5 Å². The molecule has 0 aromatic heterocycles. The Kier molecular flexibility index (Phi) is 7.86. The van der Waals surface area contributed by atoms with Crippen LogP contribution >= 0.6 is 11.6 Å². The molecule has 0 saturated carbocycles. The molecule has 3 aromatic rings. The predicted molar refractivity (Wildman–Crippen MR) is 122 cm³/mol. The highest BCUT2D eigenvalue weighted by Crippen LogP contribution is 2.30. The molecule has 3 aromatic carbocycles. The number of amides is 1. The molecule has 0 unspecified atom stereocenters. The molecule has 0 spiro atoms. The van der Waals surface area contributed by atoms with Crippen LogP contribution in [0.2, 0.25) is 5.02 Å². The molecule has 0 aliphatic carbocycles. The first-order chi connectivity index (χ1) is 16.0. The zero-order valence-corrected chi connectivity index (χ0v) is 19.3. The predicted octanol–water partition coefficient (Wildman–Crippen LogP) is 4.90. The monoisotopic (exact) mass is 512 g/mol. The number of ether oxygens (including phenoxy) is 1.